The molecule has 0 fully saturated rings. The van der Waals surface area contributed by atoms with Crippen molar-refractivity contribution in [3.8, 4) is 0 Å². The number of rotatable bonds is 2. The highest BCUT2D eigenvalue weighted by Gasteiger charge is 2.10. The van der Waals surface area contributed by atoms with E-state index in [2.05, 4.69) is 0 Å². The minimum absolute atomic E-state index is 0.0338. The largest absolute Gasteiger partial charge is 0.399 e. The first-order chi connectivity index (χ1) is 8.47. The molecule has 0 unspecified atom stereocenters. The lowest BCUT2D eigenvalue weighted by molar-refractivity contribution is 0.103. The van der Waals surface area contributed by atoms with Crippen LogP contribution >= 0.6 is 0 Å². The number of nitrogen functional groups attached to an aromatic ring is 2. The minimum Gasteiger partial charge on any atom is -0.399 e. The summed E-state index contributed by atoms with van der Waals surface area (Å²) in [6, 6.07) is 10.7. The van der Waals surface area contributed by atoms with E-state index in [4.69, 9.17) is 11.5 Å². The number of nitrogens with two attached hydrogens (primary N) is 2. The minimum atomic E-state index is -0.0338. The Hall–Kier alpha value is -2.29. The topological polar surface area (TPSA) is 69.1 Å². The molecule has 0 aromatic heterocycles. The van der Waals surface area contributed by atoms with Crippen molar-refractivity contribution in [2.24, 2.45) is 0 Å². The van der Waals surface area contributed by atoms with E-state index in [1.54, 1.807) is 24.3 Å². The van der Waals surface area contributed by atoms with Gasteiger partial charge < -0.3 is 11.5 Å². The van der Waals surface area contributed by atoms with Crippen LogP contribution in [0.2, 0.25) is 0 Å². The summed E-state index contributed by atoms with van der Waals surface area (Å²) in [7, 11) is 0. The molecule has 2 rings (SSSR count). The maximum atomic E-state index is 12.3. The first-order valence-electron chi connectivity index (χ1n) is 5.75. The van der Waals surface area contributed by atoms with E-state index in [0.29, 0.717) is 22.5 Å². The van der Waals surface area contributed by atoms with Crippen LogP contribution in [0.5, 0.6) is 0 Å². The molecule has 0 heterocycles. The molecule has 0 atom stereocenters. The maximum Gasteiger partial charge on any atom is 0.193 e. The predicted octanol–water partition coefficient (Wildman–Crippen LogP) is 2.70. The Kier molecular flexibility index (Phi) is 3.06. The SMILES string of the molecule is Cc1cc(N)cc(C(=O)c2ccc(N)c(C)c2)c1. The quantitative estimate of drug-likeness (QED) is 0.626. The van der Waals surface area contributed by atoms with Crippen molar-refractivity contribution in [1.29, 1.82) is 0 Å². The second kappa shape index (κ2) is 4.53. The van der Waals surface area contributed by atoms with E-state index in [9.17, 15) is 4.79 Å². The highest BCUT2D eigenvalue weighted by molar-refractivity contribution is 6.09. The molecule has 3 nitrogen and oxygen atoms in total. The Morgan fingerprint density at radius 3 is 2.28 bits per heavy atom. The Bertz CT molecular complexity index is 598. The van der Waals surface area contributed by atoms with Crippen molar-refractivity contribution < 1.29 is 4.79 Å². The molecule has 4 N–H and O–H groups in total. The lowest BCUT2D eigenvalue weighted by Crippen LogP contribution is -2.04. The third kappa shape index (κ3) is 2.35. The van der Waals surface area contributed by atoms with Gasteiger partial charge in [-0.15, -0.1) is 0 Å². The number of hydrogen-bond donors (Lipinski definition) is 2. The first-order valence-corrected chi connectivity index (χ1v) is 5.75. The Balaban J connectivity index is 2.44. The normalized spacial score (nSPS) is 10.3. The molecule has 0 aliphatic carbocycles. The number of ketones is 1. The summed E-state index contributed by atoms with van der Waals surface area (Å²) in [4.78, 5) is 12.3. The van der Waals surface area contributed by atoms with E-state index in [-0.39, 0.29) is 5.78 Å². The Morgan fingerprint density at radius 2 is 1.67 bits per heavy atom. The third-order valence-corrected chi connectivity index (χ3v) is 2.89. The number of anilines is 2. The van der Waals surface area contributed by atoms with Gasteiger partial charge in [0, 0.05) is 22.5 Å². The van der Waals surface area contributed by atoms with Gasteiger partial charge in [-0.1, -0.05) is 0 Å². The second-order valence-corrected chi connectivity index (χ2v) is 4.53. The number of hydrogen-bond acceptors (Lipinski definition) is 3. The van der Waals surface area contributed by atoms with Crippen molar-refractivity contribution in [3.63, 3.8) is 0 Å². The number of carbonyl (C=O) groups is 1. The Labute approximate surface area is 106 Å². The van der Waals surface area contributed by atoms with Gasteiger partial charge in [-0.25, -0.2) is 0 Å². The van der Waals surface area contributed by atoms with Gasteiger partial charge in [0.05, 0.1) is 0 Å². The van der Waals surface area contributed by atoms with Gasteiger partial charge in [0.15, 0.2) is 5.78 Å². The van der Waals surface area contributed by atoms with Crippen LogP contribution in [0, 0.1) is 13.8 Å². The molecule has 0 bridgehead atoms. The zero-order chi connectivity index (χ0) is 13.3. The van der Waals surface area contributed by atoms with Crippen molar-refractivity contribution in [3.05, 3.63) is 58.7 Å². The summed E-state index contributed by atoms with van der Waals surface area (Å²) < 4.78 is 0. The van der Waals surface area contributed by atoms with Crippen molar-refractivity contribution in [1.82, 2.24) is 0 Å². The lowest BCUT2D eigenvalue weighted by atomic mass is 9.99. The van der Waals surface area contributed by atoms with Gasteiger partial charge in [0.1, 0.15) is 0 Å². The molecule has 0 saturated carbocycles. The monoisotopic (exact) mass is 240 g/mol. The third-order valence-electron chi connectivity index (χ3n) is 2.89. The fourth-order valence-corrected chi connectivity index (χ4v) is 1.93. The highest BCUT2D eigenvalue weighted by Crippen LogP contribution is 2.18. The van der Waals surface area contributed by atoms with E-state index in [1.165, 1.54) is 0 Å². The predicted molar refractivity (Wildman–Crippen MR) is 74.6 cm³/mol. The van der Waals surface area contributed by atoms with Gasteiger partial charge in [-0.05, 0) is 61.4 Å². The van der Waals surface area contributed by atoms with Gasteiger partial charge in [-0.2, -0.15) is 0 Å². The van der Waals surface area contributed by atoms with Crippen molar-refractivity contribution >= 4 is 17.2 Å². The molecule has 0 radical (unpaired) electrons. The molecule has 0 saturated heterocycles. The van der Waals surface area contributed by atoms with E-state index in [1.807, 2.05) is 26.0 Å². The van der Waals surface area contributed by atoms with Crippen LogP contribution in [0.3, 0.4) is 0 Å². The summed E-state index contributed by atoms with van der Waals surface area (Å²) in [6.07, 6.45) is 0. The number of carbonyl (C=O) groups excluding carboxylic acids is 1. The number of benzene rings is 2. The molecular formula is C15H16N2O. The number of aryl methyl sites for hydroxylation is 2. The van der Waals surface area contributed by atoms with Crippen LogP contribution in [0.25, 0.3) is 0 Å². The fraction of sp³-hybridized carbons (Fsp3) is 0.133. The zero-order valence-electron chi connectivity index (χ0n) is 10.5. The Morgan fingerprint density at radius 1 is 0.944 bits per heavy atom. The maximum absolute atomic E-state index is 12.3. The van der Waals surface area contributed by atoms with Crippen LogP contribution in [-0.4, -0.2) is 5.78 Å². The molecule has 0 spiro atoms. The molecule has 2 aromatic rings. The summed E-state index contributed by atoms with van der Waals surface area (Å²) in [5.74, 6) is -0.0338. The smallest absolute Gasteiger partial charge is 0.193 e. The van der Waals surface area contributed by atoms with E-state index >= 15 is 0 Å². The average molecular weight is 240 g/mol. The van der Waals surface area contributed by atoms with Crippen LogP contribution in [0.4, 0.5) is 11.4 Å². The van der Waals surface area contributed by atoms with Crippen molar-refractivity contribution in [2.75, 3.05) is 11.5 Å². The van der Waals surface area contributed by atoms with Crippen LogP contribution in [0.15, 0.2) is 36.4 Å². The molecule has 2 aromatic carbocycles. The van der Waals surface area contributed by atoms with Crippen LogP contribution in [-0.2, 0) is 0 Å². The summed E-state index contributed by atoms with van der Waals surface area (Å²) in [5, 5.41) is 0. The summed E-state index contributed by atoms with van der Waals surface area (Å²) in [5.41, 5.74) is 15.9. The molecule has 0 aliphatic rings. The fourth-order valence-electron chi connectivity index (χ4n) is 1.93. The molecule has 18 heavy (non-hydrogen) atoms. The lowest BCUT2D eigenvalue weighted by Gasteiger charge is -2.06. The molecule has 92 valence electrons. The van der Waals surface area contributed by atoms with E-state index in [0.717, 1.165) is 11.1 Å². The molecular weight excluding hydrogens is 224 g/mol. The highest BCUT2D eigenvalue weighted by atomic mass is 16.1. The van der Waals surface area contributed by atoms with Crippen molar-refractivity contribution in [2.45, 2.75) is 13.8 Å². The van der Waals surface area contributed by atoms with Gasteiger partial charge >= 0.3 is 0 Å². The van der Waals surface area contributed by atoms with Crippen LogP contribution < -0.4 is 11.5 Å². The molecule has 0 aliphatic heterocycles. The summed E-state index contributed by atoms with van der Waals surface area (Å²) in [6.45, 7) is 3.80. The first kappa shape index (κ1) is 12.2. The van der Waals surface area contributed by atoms with Gasteiger partial charge in [0.25, 0.3) is 0 Å². The molecule has 3 heteroatoms. The van der Waals surface area contributed by atoms with Gasteiger partial charge in [-0.3, -0.25) is 4.79 Å². The van der Waals surface area contributed by atoms with Crippen LogP contribution in [0.1, 0.15) is 27.0 Å². The zero-order valence-corrected chi connectivity index (χ0v) is 10.5. The van der Waals surface area contributed by atoms with Gasteiger partial charge in [0.2, 0.25) is 0 Å². The van der Waals surface area contributed by atoms with E-state index < -0.39 is 0 Å². The average Bonchev–Trinajstić information content (AvgIpc) is 2.30. The standard InChI is InChI=1S/C15H16N2O/c1-9-5-12(8-13(16)6-9)15(18)11-3-4-14(17)10(2)7-11/h3-8H,16-17H2,1-2H3. The molecule has 0 amide bonds. The summed E-state index contributed by atoms with van der Waals surface area (Å²) >= 11 is 0. The second-order valence-electron chi connectivity index (χ2n) is 4.53.